The van der Waals surface area contributed by atoms with E-state index in [4.69, 9.17) is 11.6 Å². The molecule has 0 amide bonds. The summed E-state index contributed by atoms with van der Waals surface area (Å²) in [5.74, 6) is -1.19. The molecule has 2 aromatic carbocycles. The molecule has 0 saturated heterocycles. The highest BCUT2D eigenvalue weighted by Crippen LogP contribution is 2.37. The van der Waals surface area contributed by atoms with Gasteiger partial charge in [0, 0.05) is 27.7 Å². The Bertz CT molecular complexity index is 872. The highest BCUT2D eigenvalue weighted by atomic mass is 79.9. The molecule has 3 rings (SSSR count). The Balaban J connectivity index is 2.23. The second-order valence-electron chi connectivity index (χ2n) is 4.73. The van der Waals surface area contributed by atoms with Gasteiger partial charge in [-0.15, -0.1) is 0 Å². The minimum atomic E-state index is -1.41. The number of rotatable bonds is 2. The number of benzene rings is 2. The maximum atomic E-state index is 14.4. The number of aliphatic hydroxyl groups is 1. The normalized spacial score (nSPS) is 12.6. The topological polar surface area (TPSA) is 33.1 Å². The number of aromatic nitrogens is 1. The molecule has 6 heteroatoms. The quantitative estimate of drug-likeness (QED) is 0.674. The Morgan fingerprint density at radius 2 is 1.95 bits per heavy atom. The van der Waals surface area contributed by atoms with E-state index in [1.165, 1.54) is 18.2 Å². The van der Waals surface area contributed by atoms with Crippen molar-refractivity contribution in [3.05, 3.63) is 74.9 Å². The van der Waals surface area contributed by atoms with Crippen molar-refractivity contribution in [2.45, 2.75) is 6.10 Å². The molecule has 0 aliphatic carbocycles. The van der Waals surface area contributed by atoms with Crippen LogP contribution in [0.25, 0.3) is 10.9 Å². The van der Waals surface area contributed by atoms with Crippen LogP contribution in [0.3, 0.4) is 0 Å². The van der Waals surface area contributed by atoms with E-state index in [2.05, 4.69) is 20.9 Å². The lowest BCUT2D eigenvalue weighted by Crippen LogP contribution is -2.06. The number of hydrogen-bond donors (Lipinski definition) is 1. The second kappa shape index (κ2) is 5.91. The van der Waals surface area contributed by atoms with Crippen molar-refractivity contribution in [1.29, 1.82) is 0 Å². The van der Waals surface area contributed by atoms with Gasteiger partial charge in [0.1, 0.15) is 17.7 Å². The average Bonchev–Trinajstić information content (AvgIpc) is 2.49. The zero-order valence-electron chi connectivity index (χ0n) is 11.0. The third-order valence-electron chi connectivity index (χ3n) is 3.35. The van der Waals surface area contributed by atoms with E-state index in [-0.39, 0.29) is 16.1 Å². The molecule has 0 radical (unpaired) electrons. The van der Waals surface area contributed by atoms with Gasteiger partial charge in [0.2, 0.25) is 0 Å². The predicted octanol–water partition coefficient (Wildman–Crippen LogP) is 5.01. The molecule has 2 nitrogen and oxygen atoms in total. The van der Waals surface area contributed by atoms with E-state index in [1.807, 2.05) is 0 Å². The summed E-state index contributed by atoms with van der Waals surface area (Å²) in [7, 11) is 0. The summed E-state index contributed by atoms with van der Waals surface area (Å²) in [4.78, 5) is 4.17. The molecule has 22 heavy (non-hydrogen) atoms. The molecule has 0 spiro atoms. The van der Waals surface area contributed by atoms with Gasteiger partial charge in [-0.2, -0.15) is 0 Å². The third kappa shape index (κ3) is 2.60. The van der Waals surface area contributed by atoms with E-state index >= 15 is 0 Å². The summed E-state index contributed by atoms with van der Waals surface area (Å²) >= 11 is 9.26. The van der Waals surface area contributed by atoms with Crippen LogP contribution < -0.4 is 0 Å². The highest BCUT2D eigenvalue weighted by Gasteiger charge is 2.23. The number of nitrogens with zero attached hydrogens (tertiary/aromatic N) is 1. The standard InChI is InChI=1S/C16H9BrClF2NO/c17-14-13(12(20)6-8-2-1-5-21-15(8)14)16(22)10-7-9(19)3-4-11(10)18/h1-7,16,22H. The van der Waals surface area contributed by atoms with Crippen LogP contribution in [0.5, 0.6) is 0 Å². The van der Waals surface area contributed by atoms with Crippen molar-refractivity contribution in [1.82, 2.24) is 4.98 Å². The minimum absolute atomic E-state index is 0.0290. The minimum Gasteiger partial charge on any atom is -0.383 e. The molecular weight excluding hydrogens is 376 g/mol. The van der Waals surface area contributed by atoms with Crippen molar-refractivity contribution < 1.29 is 13.9 Å². The molecule has 0 bridgehead atoms. The summed E-state index contributed by atoms with van der Waals surface area (Å²) in [5, 5.41) is 11.2. The van der Waals surface area contributed by atoms with Crippen molar-refractivity contribution in [2.24, 2.45) is 0 Å². The first-order valence-corrected chi connectivity index (χ1v) is 7.51. The first-order valence-electron chi connectivity index (χ1n) is 6.34. The zero-order chi connectivity index (χ0) is 15.9. The van der Waals surface area contributed by atoms with Crippen molar-refractivity contribution in [3.8, 4) is 0 Å². The van der Waals surface area contributed by atoms with Crippen LogP contribution in [-0.2, 0) is 0 Å². The Hall–Kier alpha value is -1.56. The lowest BCUT2D eigenvalue weighted by molar-refractivity contribution is 0.214. The number of fused-ring (bicyclic) bond motifs is 1. The summed E-state index contributed by atoms with van der Waals surface area (Å²) < 4.78 is 28.1. The number of aliphatic hydroxyl groups excluding tert-OH is 1. The Kier molecular flexibility index (Phi) is 4.12. The van der Waals surface area contributed by atoms with Crippen molar-refractivity contribution in [2.75, 3.05) is 0 Å². The maximum absolute atomic E-state index is 14.4. The molecule has 0 aliphatic heterocycles. The van der Waals surface area contributed by atoms with E-state index in [0.717, 1.165) is 6.07 Å². The fourth-order valence-corrected chi connectivity index (χ4v) is 3.25. The molecule has 3 aromatic rings. The van der Waals surface area contributed by atoms with Gasteiger partial charge in [0.25, 0.3) is 0 Å². The highest BCUT2D eigenvalue weighted by molar-refractivity contribution is 9.10. The van der Waals surface area contributed by atoms with Gasteiger partial charge in [-0.1, -0.05) is 17.7 Å². The summed E-state index contributed by atoms with van der Waals surface area (Å²) in [6.45, 7) is 0. The van der Waals surface area contributed by atoms with E-state index in [9.17, 15) is 13.9 Å². The van der Waals surface area contributed by atoms with Gasteiger partial charge in [-0.25, -0.2) is 8.78 Å². The number of pyridine rings is 1. The third-order valence-corrected chi connectivity index (χ3v) is 4.50. The largest absolute Gasteiger partial charge is 0.383 e. The second-order valence-corrected chi connectivity index (χ2v) is 5.93. The van der Waals surface area contributed by atoms with Crippen molar-refractivity contribution >= 4 is 38.4 Å². The van der Waals surface area contributed by atoms with Crippen LogP contribution in [0.4, 0.5) is 8.78 Å². The van der Waals surface area contributed by atoms with Gasteiger partial charge in [-0.05, 0) is 46.3 Å². The lowest BCUT2D eigenvalue weighted by Gasteiger charge is -2.17. The maximum Gasteiger partial charge on any atom is 0.131 e. The Morgan fingerprint density at radius 1 is 1.18 bits per heavy atom. The molecule has 1 aromatic heterocycles. The average molecular weight is 385 g/mol. The van der Waals surface area contributed by atoms with Crippen LogP contribution >= 0.6 is 27.5 Å². The molecule has 1 heterocycles. The number of hydrogen-bond acceptors (Lipinski definition) is 2. The van der Waals surface area contributed by atoms with Gasteiger partial charge in [-0.3, -0.25) is 4.98 Å². The van der Waals surface area contributed by atoms with Crippen LogP contribution in [0.1, 0.15) is 17.2 Å². The zero-order valence-corrected chi connectivity index (χ0v) is 13.4. The van der Waals surface area contributed by atoms with E-state index in [1.54, 1.807) is 18.3 Å². The van der Waals surface area contributed by atoms with Crippen LogP contribution in [0.15, 0.2) is 47.1 Å². The fraction of sp³-hybridized carbons (Fsp3) is 0.0625. The first-order chi connectivity index (χ1) is 10.5. The van der Waals surface area contributed by atoms with Gasteiger partial charge >= 0.3 is 0 Å². The van der Waals surface area contributed by atoms with E-state index < -0.39 is 17.7 Å². The molecule has 112 valence electrons. The Labute approximate surface area is 138 Å². The van der Waals surface area contributed by atoms with E-state index in [0.29, 0.717) is 15.4 Å². The van der Waals surface area contributed by atoms with Crippen molar-refractivity contribution in [3.63, 3.8) is 0 Å². The van der Waals surface area contributed by atoms with Gasteiger partial charge in [0.05, 0.1) is 9.99 Å². The van der Waals surface area contributed by atoms with Crippen LogP contribution in [-0.4, -0.2) is 10.1 Å². The molecule has 1 N–H and O–H groups in total. The predicted molar refractivity (Wildman–Crippen MR) is 84.9 cm³/mol. The monoisotopic (exact) mass is 383 g/mol. The summed E-state index contributed by atoms with van der Waals surface area (Å²) in [5.41, 5.74) is 0.570. The molecule has 1 atom stereocenters. The van der Waals surface area contributed by atoms with Gasteiger partial charge < -0.3 is 5.11 Å². The summed E-state index contributed by atoms with van der Waals surface area (Å²) in [6.07, 6.45) is 0.153. The molecule has 0 saturated carbocycles. The molecular formula is C16H9BrClF2NO. The van der Waals surface area contributed by atoms with Crippen LogP contribution in [0, 0.1) is 11.6 Å². The van der Waals surface area contributed by atoms with Gasteiger partial charge in [0.15, 0.2) is 0 Å². The molecule has 0 fully saturated rings. The number of halogens is 4. The lowest BCUT2D eigenvalue weighted by atomic mass is 9.99. The molecule has 1 unspecified atom stereocenters. The smallest absolute Gasteiger partial charge is 0.131 e. The first kappa shape index (κ1) is 15.3. The fourth-order valence-electron chi connectivity index (χ4n) is 2.29. The van der Waals surface area contributed by atoms with Crippen LogP contribution in [0.2, 0.25) is 5.02 Å². The molecule has 0 aliphatic rings. The SMILES string of the molecule is OC(c1cc(F)ccc1Cl)c1c(F)cc2cccnc2c1Br. The summed E-state index contributed by atoms with van der Waals surface area (Å²) in [6, 6.07) is 8.25. The Morgan fingerprint density at radius 3 is 2.73 bits per heavy atom.